The van der Waals surface area contributed by atoms with Crippen molar-refractivity contribution < 1.29 is 14.6 Å². The fraction of sp³-hybridized carbons (Fsp3) is 0.471. The monoisotopic (exact) mass is 289 g/mol. The number of aliphatic hydroxyl groups is 1. The van der Waals surface area contributed by atoms with Gasteiger partial charge in [-0.25, -0.2) is 0 Å². The van der Waals surface area contributed by atoms with Crippen LogP contribution in [-0.2, 0) is 4.79 Å². The number of hydrogen-bond acceptors (Lipinski definition) is 3. The van der Waals surface area contributed by atoms with Crippen LogP contribution in [0, 0.1) is 5.92 Å². The number of ether oxygens (including phenoxy) is 1. The number of aliphatic hydroxyl groups excluding tert-OH is 1. The van der Waals surface area contributed by atoms with Gasteiger partial charge in [0.25, 0.3) is 0 Å². The van der Waals surface area contributed by atoms with Gasteiger partial charge in [0.05, 0.1) is 13.2 Å². The molecule has 0 saturated carbocycles. The molecule has 114 valence electrons. The SMILES string of the molecule is COc1ccccc1/C(C)=C/C(=O)N1CCC(C(C)O)C1. The Morgan fingerprint density at radius 2 is 2.19 bits per heavy atom. The molecule has 1 aromatic carbocycles. The number of para-hydroxylation sites is 1. The van der Waals surface area contributed by atoms with Gasteiger partial charge in [0, 0.05) is 30.6 Å². The van der Waals surface area contributed by atoms with E-state index < -0.39 is 0 Å². The van der Waals surface area contributed by atoms with E-state index in [0.29, 0.717) is 13.1 Å². The van der Waals surface area contributed by atoms with Crippen LogP contribution in [0.2, 0.25) is 0 Å². The lowest BCUT2D eigenvalue weighted by Crippen LogP contribution is -2.29. The number of rotatable bonds is 4. The molecule has 4 nitrogen and oxygen atoms in total. The van der Waals surface area contributed by atoms with Crippen LogP contribution in [0.4, 0.5) is 0 Å². The first-order valence-electron chi connectivity index (χ1n) is 7.31. The predicted molar refractivity (Wildman–Crippen MR) is 83.0 cm³/mol. The summed E-state index contributed by atoms with van der Waals surface area (Å²) in [5.41, 5.74) is 1.82. The van der Waals surface area contributed by atoms with Crippen LogP contribution in [0.1, 0.15) is 25.8 Å². The zero-order valence-electron chi connectivity index (χ0n) is 12.9. The third-order valence-corrected chi connectivity index (χ3v) is 4.09. The van der Waals surface area contributed by atoms with Crippen LogP contribution in [-0.4, -0.2) is 42.2 Å². The second-order valence-electron chi connectivity index (χ2n) is 5.60. The number of carbonyl (C=O) groups is 1. The Kier molecular flexibility index (Phi) is 5.02. The lowest BCUT2D eigenvalue weighted by molar-refractivity contribution is -0.125. The molecule has 0 radical (unpaired) electrons. The number of allylic oxidation sites excluding steroid dienone is 1. The number of benzene rings is 1. The Labute approximate surface area is 126 Å². The Morgan fingerprint density at radius 1 is 1.48 bits per heavy atom. The Balaban J connectivity index is 2.10. The van der Waals surface area contributed by atoms with Crippen LogP contribution < -0.4 is 4.74 Å². The van der Waals surface area contributed by atoms with E-state index in [1.54, 1.807) is 25.0 Å². The summed E-state index contributed by atoms with van der Waals surface area (Å²) in [6.45, 7) is 5.04. The zero-order valence-corrected chi connectivity index (χ0v) is 12.9. The molecule has 0 spiro atoms. The molecule has 21 heavy (non-hydrogen) atoms. The quantitative estimate of drug-likeness (QED) is 0.866. The normalized spacial score (nSPS) is 20.5. The van der Waals surface area contributed by atoms with Gasteiger partial charge in [-0.05, 0) is 31.9 Å². The van der Waals surface area contributed by atoms with Gasteiger partial charge in [-0.15, -0.1) is 0 Å². The molecule has 0 aliphatic carbocycles. The van der Waals surface area contributed by atoms with Crippen LogP contribution in [0.5, 0.6) is 5.75 Å². The molecule has 0 aromatic heterocycles. The molecule has 1 heterocycles. The first kappa shape index (κ1) is 15.6. The molecule has 1 fully saturated rings. The maximum Gasteiger partial charge on any atom is 0.246 e. The number of methoxy groups -OCH3 is 1. The van der Waals surface area contributed by atoms with Gasteiger partial charge in [0.1, 0.15) is 5.75 Å². The minimum atomic E-state index is -0.359. The van der Waals surface area contributed by atoms with Gasteiger partial charge in [-0.1, -0.05) is 18.2 Å². The van der Waals surface area contributed by atoms with Gasteiger partial charge < -0.3 is 14.7 Å². The largest absolute Gasteiger partial charge is 0.496 e. The minimum absolute atomic E-state index is 0.00144. The minimum Gasteiger partial charge on any atom is -0.496 e. The van der Waals surface area contributed by atoms with Crippen LogP contribution in [0.15, 0.2) is 30.3 Å². The summed E-state index contributed by atoms with van der Waals surface area (Å²) in [5, 5.41) is 9.61. The summed E-state index contributed by atoms with van der Waals surface area (Å²) >= 11 is 0. The molecule has 1 amide bonds. The molecule has 1 N–H and O–H groups in total. The Hall–Kier alpha value is -1.81. The third-order valence-electron chi connectivity index (χ3n) is 4.09. The maximum atomic E-state index is 12.3. The van der Waals surface area contributed by atoms with Crippen molar-refractivity contribution in [3.63, 3.8) is 0 Å². The third kappa shape index (κ3) is 3.64. The van der Waals surface area contributed by atoms with Gasteiger partial charge in [-0.2, -0.15) is 0 Å². The smallest absolute Gasteiger partial charge is 0.246 e. The van der Waals surface area contributed by atoms with E-state index >= 15 is 0 Å². The second kappa shape index (κ2) is 6.76. The summed E-state index contributed by atoms with van der Waals surface area (Å²) < 4.78 is 5.32. The van der Waals surface area contributed by atoms with Crippen molar-refractivity contribution in [2.45, 2.75) is 26.4 Å². The average Bonchev–Trinajstić information content (AvgIpc) is 2.97. The topological polar surface area (TPSA) is 49.8 Å². The highest BCUT2D eigenvalue weighted by atomic mass is 16.5. The highest BCUT2D eigenvalue weighted by Gasteiger charge is 2.28. The lowest BCUT2D eigenvalue weighted by Gasteiger charge is -2.16. The van der Waals surface area contributed by atoms with E-state index in [4.69, 9.17) is 4.74 Å². The number of nitrogens with zero attached hydrogens (tertiary/aromatic N) is 1. The van der Waals surface area contributed by atoms with Crippen LogP contribution in [0.3, 0.4) is 0 Å². The fourth-order valence-electron chi connectivity index (χ4n) is 2.71. The number of likely N-dealkylation sites (tertiary alicyclic amines) is 1. The molecule has 1 saturated heterocycles. The van der Waals surface area contributed by atoms with Gasteiger partial charge in [-0.3, -0.25) is 4.79 Å². The van der Waals surface area contributed by atoms with E-state index in [-0.39, 0.29) is 17.9 Å². The fourth-order valence-corrected chi connectivity index (χ4v) is 2.71. The van der Waals surface area contributed by atoms with Gasteiger partial charge in [0.2, 0.25) is 5.91 Å². The number of hydrogen-bond donors (Lipinski definition) is 1. The molecular weight excluding hydrogens is 266 g/mol. The molecule has 1 aromatic rings. The summed E-state index contributed by atoms with van der Waals surface area (Å²) in [7, 11) is 1.63. The van der Waals surface area contributed by atoms with Crippen molar-refractivity contribution in [2.24, 2.45) is 5.92 Å². The molecule has 2 rings (SSSR count). The molecule has 1 aliphatic rings. The van der Waals surface area contributed by atoms with Crippen molar-refractivity contribution >= 4 is 11.5 Å². The van der Waals surface area contributed by atoms with Crippen molar-refractivity contribution in [3.05, 3.63) is 35.9 Å². The zero-order chi connectivity index (χ0) is 15.4. The summed E-state index contributed by atoms with van der Waals surface area (Å²) in [4.78, 5) is 14.1. The Morgan fingerprint density at radius 3 is 2.81 bits per heavy atom. The number of amides is 1. The molecule has 4 heteroatoms. The maximum absolute atomic E-state index is 12.3. The average molecular weight is 289 g/mol. The van der Waals surface area contributed by atoms with Gasteiger partial charge >= 0.3 is 0 Å². The highest BCUT2D eigenvalue weighted by Crippen LogP contribution is 2.26. The molecule has 0 bridgehead atoms. The van der Waals surface area contributed by atoms with E-state index in [1.807, 2.05) is 31.2 Å². The first-order valence-corrected chi connectivity index (χ1v) is 7.31. The van der Waals surface area contributed by atoms with Crippen LogP contribution in [0.25, 0.3) is 5.57 Å². The molecule has 2 unspecified atom stereocenters. The molecule has 1 aliphatic heterocycles. The Bertz CT molecular complexity index is 537. The van der Waals surface area contributed by atoms with Crippen molar-refractivity contribution in [1.29, 1.82) is 0 Å². The van der Waals surface area contributed by atoms with Crippen molar-refractivity contribution in [3.8, 4) is 5.75 Å². The first-order chi connectivity index (χ1) is 10.0. The summed E-state index contributed by atoms with van der Waals surface area (Å²) in [6, 6.07) is 7.67. The van der Waals surface area contributed by atoms with Crippen LogP contribution >= 0.6 is 0 Å². The predicted octanol–water partition coefficient (Wildman–Crippen LogP) is 2.33. The van der Waals surface area contributed by atoms with E-state index in [9.17, 15) is 9.90 Å². The lowest BCUT2D eigenvalue weighted by atomic mass is 10.0. The second-order valence-corrected chi connectivity index (χ2v) is 5.60. The van der Waals surface area contributed by atoms with E-state index in [0.717, 1.165) is 23.3 Å². The van der Waals surface area contributed by atoms with Crippen molar-refractivity contribution in [2.75, 3.05) is 20.2 Å². The number of carbonyl (C=O) groups excluding carboxylic acids is 1. The van der Waals surface area contributed by atoms with E-state index in [1.165, 1.54) is 0 Å². The van der Waals surface area contributed by atoms with E-state index in [2.05, 4.69) is 0 Å². The van der Waals surface area contributed by atoms with Gasteiger partial charge in [0.15, 0.2) is 0 Å². The summed E-state index contributed by atoms with van der Waals surface area (Å²) in [5.74, 6) is 0.956. The molecule has 2 atom stereocenters. The molecular formula is C17H23NO3. The standard InChI is InChI=1S/C17H23NO3/c1-12(15-6-4-5-7-16(15)21-3)10-17(20)18-9-8-14(11-18)13(2)19/h4-7,10,13-14,19H,8-9,11H2,1-3H3/b12-10+. The summed E-state index contributed by atoms with van der Waals surface area (Å²) in [6.07, 6.45) is 2.16. The van der Waals surface area contributed by atoms with Crippen molar-refractivity contribution in [1.82, 2.24) is 4.90 Å². The highest BCUT2D eigenvalue weighted by molar-refractivity contribution is 5.95.